The molecule has 0 spiro atoms. The third kappa shape index (κ3) is 5.95. The maximum Gasteiger partial charge on any atom is 0.331 e. The molecule has 0 radical (unpaired) electrons. The van der Waals surface area contributed by atoms with Crippen LogP contribution in [0.25, 0.3) is 11.8 Å². The maximum absolute atomic E-state index is 13.1. The van der Waals surface area contributed by atoms with E-state index in [-0.39, 0.29) is 17.5 Å². The first kappa shape index (κ1) is 23.0. The fourth-order valence-corrected chi connectivity index (χ4v) is 3.16. The minimum Gasteiger partial charge on any atom is -0.497 e. The number of nitrogens with zero attached hydrogens (tertiary/aromatic N) is 2. The average Bonchev–Trinajstić information content (AvgIpc) is 3.08. The first-order valence-corrected chi connectivity index (χ1v) is 10.0. The van der Waals surface area contributed by atoms with Gasteiger partial charge in [-0.1, -0.05) is 23.7 Å². The van der Waals surface area contributed by atoms with Crippen molar-refractivity contribution in [2.45, 2.75) is 13.5 Å². The number of esters is 1. The van der Waals surface area contributed by atoms with Gasteiger partial charge in [0.15, 0.2) is 6.61 Å². The fraction of sp³-hybridized carbons (Fsp3) is 0.174. The van der Waals surface area contributed by atoms with E-state index in [0.717, 1.165) is 5.56 Å². The van der Waals surface area contributed by atoms with Crippen LogP contribution in [0.2, 0.25) is 5.15 Å². The highest BCUT2D eigenvalue weighted by atomic mass is 35.5. The molecule has 7 nitrogen and oxygen atoms in total. The van der Waals surface area contributed by atoms with E-state index >= 15 is 0 Å². The number of benzene rings is 2. The van der Waals surface area contributed by atoms with Gasteiger partial charge in [0, 0.05) is 18.2 Å². The van der Waals surface area contributed by atoms with Crippen LogP contribution in [-0.2, 0) is 20.9 Å². The standard InChI is InChI=1S/C23H21ClFN3O4/c1-15-20(23(24)28(27-15)18-8-6-17(25)7-9-18)10-11-22(30)32-14-21(29)26-13-16-4-3-5-19(12-16)31-2/h3-12H,13-14H2,1-2H3,(H,26,29). The van der Waals surface area contributed by atoms with Gasteiger partial charge in [-0.3, -0.25) is 4.79 Å². The number of nitrogens with one attached hydrogen (secondary N) is 1. The van der Waals surface area contributed by atoms with E-state index in [4.69, 9.17) is 21.1 Å². The van der Waals surface area contributed by atoms with Crippen LogP contribution in [0, 0.1) is 12.7 Å². The predicted octanol–water partition coefficient (Wildman–Crippen LogP) is 3.85. The molecule has 166 valence electrons. The molecule has 0 aliphatic carbocycles. The van der Waals surface area contributed by atoms with Crippen molar-refractivity contribution in [1.82, 2.24) is 15.1 Å². The largest absolute Gasteiger partial charge is 0.497 e. The molecule has 0 saturated heterocycles. The van der Waals surface area contributed by atoms with Crippen molar-refractivity contribution in [3.63, 3.8) is 0 Å². The Labute approximate surface area is 189 Å². The molecular weight excluding hydrogens is 437 g/mol. The van der Waals surface area contributed by atoms with Gasteiger partial charge in [-0.05, 0) is 55.0 Å². The highest BCUT2D eigenvalue weighted by Gasteiger charge is 2.13. The molecule has 0 bridgehead atoms. The van der Waals surface area contributed by atoms with Crippen molar-refractivity contribution in [2.24, 2.45) is 0 Å². The van der Waals surface area contributed by atoms with E-state index in [1.807, 2.05) is 12.1 Å². The molecule has 0 fully saturated rings. The van der Waals surface area contributed by atoms with E-state index in [1.54, 1.807) is 38.3 Å². The molecule has 9 heteroatoms. The Bertz CT molecular complexity index is 1140. The summed E-state index contributed by atoms with van der Waals surface area (Å²) in [4.78, 5) is 23.9. The van der Waals surface area contributed by atoms with Gasteiger partial charge in [0.2, 0.25) is 0 Å². The number of hydrogen-bond acceptors (Lipinski definition) is 5. The van der Waals surface area contributed by atoms with Crippen LogP contribution in [0.15, 0.2) is 54.6 Å². The Morgan fingerprint density at radius 2 is 1.97 bits per heavy atom. The van der Waals surface area contributed by atoms with Crippen LogP contribution in [0.1, 0.15) is 16.8 Å². The number of carbonyl (C=O) groups is 2. The lowest BCUT2D eigenvalue weighted by atomic mass is 10.2. The lowest BCUT2D eigenvalue weighted by molar-refractivity contribution is -0.143. The van der Waals surface area contributed by atoms with E-state index in [0.29, 0.717) is 22.7 Å². The van der Waals surface area contributed by atoms with Gasteiger partial charge < -0.3 is 14.8 Å². The minimum absolute atomic E-state index is 0.259. The van der Waals surface area contributed by atoms with Crippen LogP contribution in [-0.4, -0.2) is 35.4 Å². The highest BCUT2D eigenvalue weighted by molar-refractivity contribution is 6.31. The predicted molar refractivity (Wildman–Crippen MR) is 118 cm³/mol. The van der Waals surface area contributed by atoms with Crippen molar-refractivity contribution >= 4 is 29.6 Å². The van der Waals surface area contributed by atoms with E-state index in [9.17, 15) is 14.0 Å². The maximum atomic E-state index is 13.1. The zero-order chi connectivity index (χ0) is 23.1. The number of methoxy groups -OCH3 is 1. The van der Waals surface area contributed by atoms with Gasteiger partial charge in [-0.25, -0.2) is 13.9 Å². The number of rotatable bonds is 8. The minimum atomic E-state index is -0.702. The third-order valence-electron chi connectivity index (χ3n) is 4.47. The van der Waals surface area contributed by atoms with E-state index < -0.39 is 18.5 Å². The van der Waals surface area contributed by atoms with Crippen LogP contribution in [0.3, 0.4) is 0 Å². The number of aromatic nitrogens is 2. The van der Waals surface area contributed by atoms with Gasteiger partial charge in [-0.2, -0.15) is 5.10 Å². The summed E-state index contributed by atoms with van der Waals surface area (Å²) in [5, 5.41) is 7.24. The molecule has 0 unspecified atom stereocenters. The smallest absolute Gasteiger partial charge is 0.331 e. The molecule has 1 N–H and O–H groups in total. The molecule has 2 aromatic carbocycles. The summed E-state index contributed by atoms with van der Waals surface area (Å²) >= 11 is 6.37. The summed E-state index contributed by atoms with van der Waals surface area (Å²) in [6.07, 6.45) is 2.63. The van der Waals surface area contributed by atoms with Crippen molar-refractivity contribution < 1.29 is 23.5 Å². The summed E-state index contributed by atoms with van der Waals surface area (Å²) in [6.45, 7) is 1.58. The second-order valence-electron chi connectivity index (χ2n) is 6.75. The van der Waals surface area contributed by atoms with Gasteiger partial charge >= 0.3 is 5.97 Å². The lowest BCUT2D eigenvalue weighted by Crippen LogP contribution is -2.28. The Hall–Kier alpha value is -3.65. The summed E-state index contributed by atoms with van der Waals surface area (Å²) in [6, 6.07) is 12.9. The van der Waals surface area contributed by atoms with Crippen molar-refractivity contribution in [3.05, 3.63) is 82.4 Å². The summed E-state index contributed by atoms with van der Waals surface area (Å²) < 4.78 is 24.7. The van der Waals surface area contributed by atoms with Crippen molar-refractivity contribution in [1.29, 1.82) is 0 Å². The van der Waals surface area contributed by atoms with Gasteiger partial charge in [0.25, 0.3) is 5.91 Å². The Kier molecular flexibility index (Phi) is 7.62. The quantitative estimate of drug-likeness (QED) is 0.410. The van der Waals surface area contributed by atoms with Crippen molar-refractivity contribution in [2.75, 3.05) is 13.7 Å². The second kappa shape index (κ2) is 10.6. The first-order chi connectivity index (χ1) is 15.4. The summed E-state index contributed by atoms with van der Waals surface area (Å²) in [5.41, 5.74) is 2.51. The normalized spacial score (nSPS) is 10.9. The van der Waals surface area contributed by atoms with Gasteiger partial charge in [0.1, 0.15) is 16.7 Å². The highest BCUT2D eigenvalue weighted by Crippen LogP contribution is 2.24. The molecule has 1 aromatic heterocycles. The summed E-state index contributed by atoms with van der Waals surface area (Å²) in [7, 11) is 1.56. The number of ether oxygens (including phenoxy) is 2. The molecule has 0 saturated carbocycles. The first-order valence-electron chi connectivity index (χ1n) is 9.63. The van der Waals surface area contributed by atoms with E-state index in [1.165, 1.54) is 29.0 Å². The number of aryl methyl sites for hydroxylation is 1. The van der Waals surface area contributed by atoms with Crippen LogP contribution in [0.4, 0.5) is 4.39 Å². The number of hydrogen-bond donors (Lipinski definition) is 1. The van der Waals surface area contributed by atoms with Crippen molar-refractivity contribution in [3.8, 4) is 11.4 Å². The number of amides is 1. The number of halogens is 2. The second-order valence-corrected chi connectivity index (χ2v) is 7.11. The molecule has 3 rings (SSSR count). The molecule has 0 aliphatic rings. The zero-order valence-electron chi connectivity index (χ0n) is 17.5. The SMILES string of the molecule is COc1cccc(CNC(=O)COC(=O)C=Cc2c(C)nn(-c3ccc(F)cc3)c2Cl)c1. The van der Waals surface area contributed by atoms with Crippen LogP contribution >= 0.6 is 11.6 Å². The Balaban J connectivity index is 1.54. The van der Waals surface area contributed by atoms with Crippen LogP contribution < -0.4 is 10.1 Å². The zero-order valence-corrected chi connectivity index (χ0v) is 18.2. The van der Waals surface area contributed by atoms with Gasteiger partial charge in [-0.15, -0.1) is 0 Å². The van der Waals surface area contributed by atoms with E-state index in [2.05, 4.69) is 10.4 Å². The molecule has 1 amide bonds. The molecule has 3 aromatic rings. The fourth-order valence-electron chi connectivity index (χ4n) is 2.82. The Morgan fingerprint density at radius 1 is 1.22 bits per heavy atom. The topological polar surface area (TPSA) is 82.4 Å². The average molecular weight is 458 g/mol. The molecule has 32 heavy (non-hydrogen) atoms. The molecule has 1 heterocycles. The number of carbonyl (C=O) groups excluding carboxylic acids is 2. The Morgan fingerprint density at radius 3 is 2.69 bits per heavy atom. The van der Waals surface area contributed by atoms with Crippen LogP contribution in [0.5, 0.6) is 5.75 Å². The molecule has 0 aliphatic heterocycles. The third-order valence-corrected chi connectivity index (χ3v) is 4.84. The lowest BCUT2D eigenvalue weighted by Gasteiger charge is -2.07. The van der Waals surface area contributed by atoms with Gasteiger partial charge in [0.05, 0.1) is 18.5 Å². The molecule has 0 atom stereocenters. The summed E-state index contributed by atoms with van der Waals surface area (Å²) in [5.74, 6) is -0.825. The monoisotopic (exact) mass is 457 g/mol. The molecular formula is C23H21ClFN3O4.